The molecule has 0 bridgehead atoms. The lowest BCUT2D eigenvalue weighted by Gasteiger charge is -2.19. The van der Waals surface area contributed by atoms with Gasteiger partial charge in [0.05, 0.1) is 6.07 Å². The summed E-state index contributed by atoms with van der Waals surface area (Å²) in [5.41, 5.74) is 0.586. The number of nitrogens with one attached hydrogen (secondary N) is 1. The van der Waals surface area contributed by atoms with Crippen molar-refractivity contribution in [3.63, 3.8) is 0 Å². The zero-order valence-corrected chi connectivity index (χ0v) is 12.1. The minimum atomic E-state index is -0.773. The summed E-state index contributed by atoms with van der Waals surface area (Å²) in [6, 6.07) is 8.49. The Balaban J connectivity index is 2.75. The summed E-state index contributed by atoms with van der Waals surface area (Å²) in [6.45, 7) is 6.71. The number of nitriles is 1. The number of carbonyl (C=O) groups is 2. The van der Waals surface area contributed by atoms with E-state index >= 15 is 0 Å². The van der Waals surface area contributed by atoms with Crippen molar-refractivity contribution >= 4 is 17.6 Å². The van der Waals surface area contributed by atoms with Crippen molar-refractivity contribution in [1.82, 2.24) is 0 Å². The largest absolute Gasteiger partial charge is 0.444 e. The molecule has 0 spiro atoms. The molecule has 1 aromatic carbocycles. The first-order valence-electron chi connectivity index (χ1n) is 6.23. The molecular formula is C15H18N2O3. The highest BCUT2D eigenvalue weighted by atomic mass is 16.6. The van der Waals surface area contributed by atoms with Gasteiger partial charge in [-0.05, 0) is 45.4 Å². The van der Waals surface area contributed by atoms with Crippen LogP contribution >= 0.6 is 0 Å². The highest BCUT2D eigenvalue weighted by Crippen LogP contribution is 2.19. The molecule has 1 rings (SSSR count). The van der Waals surface area contributed by atoms with E-state index in [9.17, 15) is 9.59 Å². The SMILES string of the molecule is CC(=O)C(C#N)c1ccc(NC(=O)OC(C)(C)C)cc1. The Hall–Kier alpha value is -2.35. The number of ketones is 1. The smallest absolute Gasteiger partial charge is 0.412 e. The van der Waals surface area contributed by atoms with E-state index in [0.29, 0.717) is 11.3 Å². The number of rotatable bonds is 3. The number of hydrogen-bond acceptors (Lipinski definition) is 4. The molecule has 5 heteroatoms. The number of benzene rings is 1. The van der Waals surface area contributed by atoms with E-state index in [2.05, 4.69) is 5.32 Å². The van der Waals surface area contributed by atoms with Crippen LogP contribution in [0.3, 0.4) is 0 Å². The predicted molar refractivity (Wildman–Crippen MR) is 75.3 cm³/mol. The van der Waals surface area contributed by atoms with Crippen molar-refractivity contribution in [1.29, 1.82) is 5.26 Å². The topological polar surface area (TPSA) is 79.2 Å². The fourth-order valence-corrected chi connectivity index (χ4v) is 1.58. The molecule has 0 aromatic heterocycles. The standard InChI is InChI=1S/C15H18N2O3/c1-10(18)13(9-16)11-5-7-12(8-6-11)17-14(19)20-15(2,3)4/h5-8,13H,1-4H3,(H,17,19). The molecule has 1 amide bonds. The van der Waals surface area contributed by atoms with Crippen molar-refractivity contribution in [3.05, 3.63) is 29.8 Å². The zero-order valence-electron chi connectivity index (χ0n) is 12.1. The Morgan fingerprint density at radius 2 is 1.80 bits per heavy atom. The van der Waals surface area contributed by atoms with Crippen LogP contribution in [0.5, 0.6) is 0 Å². The van der Waals surface area contributed by atoms with Crippen molar-refractivity contribution in [3.8, 4) is 6.07 Å². The summed E-state index contributed by atoms with van der Waals surface area (Å²) in [4.78, 5) is 22.9. The number of nitrogens with zero attached hydrogens (tertiary/aromatic N) is 1. The summed E-state index contributed by atoms with van der Waals surface area (Å²) in [5.74, 6) is -0.981. The van der Waals surface area contributed by atoms with Gasteiger partial charge in [-0.25, -0.2) is 4.79 Å². The van der Waals surface area contributed by atoms with Gasteiger partial charge in [-0.2, -0.15) is 5.26 Å². The molecule has 5 nitrogen and oxygen atoms in total. The average Bonchev–Trinajstić information content (AvgIpc) is 2.29. The molecule has 0 heterocycles. The van der Waals surface area contributed by atoms with Crippen LogP contribution in [0, 0.1) is 11.3 Å². The maximum absolute atomic E-state index is 11.6. The van der Waals surface area contributed by atoms with Crippen LogP contribution in [0.1, 0.15) is 39.2 Å². The summed E-state index contributed by atoms with van der Waals surface area (Å²) < 4.78 is 5.12. The molecule has 1 aromatic rings. The third kappa shape index (κ3) is 4.73. The molecule has 1 N–H and O–H groups in total. The molecule has 0 fully saturated rings. The fourth-order valence-electron chi connectivity index (χ4n) is 1.58. The van der Waals surface area contributed by atoms with Gasteiger partial charge in [-0.15, -0.1) is 0 Å². The number of Topliss-reactive ketones (excluding diaryl/α,β-unsaturated/α-hetero) is 1. The molecule has 106 valence electrons. The van der Waals surface area contributed by atoms with Gasteiger partial charge < -0.3 is 4.74 Å². The maximum atomic E-state index is 11.6. The molecule has 0 radical (unpaired) electrons. The first kappa shape index (κ1) is 15.7. The molecule has 0 aliphatic rings. The van der Waals surface area contributed by atoms with E-state index in [0.717, 1.165) is 0 Å². The predicted octanol–water partition coefficient (Wildman–Crippen LogP) is 3.23. The minimum Gasteiger partial charge on any atom is -0.444 e. The zero-order chi connectivity index (χ0) is 15.3. The van der Waals surface area contributed by atoms with Crippen LogP contribution < -0.4 is 5.32 Å². The maximum Gasteiger partial charge on any atom is 0.412 e. The van der Waals surface area contributed by atoms with E-state index in [1.165, 1.54) is 6.92 Å². The number of anilines is 1. The first-order chi connectivity index (χ1) is 9.23. The molecule has 1 atom stereocenters. The second-order valence-corrected chi connectivity index (χ2v) is 5.42. The Morgan fingerprint density at radius 3 is 2.20 bits per heavy atom. The number of hydrogen-bond donors (Lipinski definition) is 1. The van der Waals surface area contributed by atoms with Gasteiger partial charge in [0.25, 0.3) is 0 Å². The van der Waals surface area contributed by atoms with E-state index in [4.69, 9.17) is 10.00 Å². The second-order valence-electron chi connectivity index (χ2n) is 5.42. The van der Waals surface area contributed by atoms with Gasteiger partial charge >= 0.3 is 6.09 Å². The van der Waals surface area contributed by atoms with Gasteiger partial charge in [0.2, 0.25) is 0 Å². The number of ether oxygens (including phenoxy) is 1. The Bertz CT molecular complexity index is 536. The number of amides is 1. The molecular weight excluding hydrogens is 256 g/mol. The fraction of sp³-hybridized carbons (Fsp3) is 0.400. The van der Waals surface area contributed by atoms with Gasteiger partial charge in [-0.3, -0.25) is 10.1 Å². The Labute approximate surface area is 118 Å². The molecule has 0 aliphatic heterocycles. The van der Waals surface area contributed by atoms with Crippen LogP contribution in [0.2, 0.25) is 0 Å². The van der Waals surface area contributed by atoms with Gasteiger partial charge in [0, 0.05) is 5.69 Å². The van der Waals surface area contributed by atoms with Crippen LogP contribution in [0.25, 0.3) is 0 Å². The van der Waals surface area contributed by atoms with Crippen molar-refractivity contribution in [2.24, 2.45) is 0 Å². The third-order valence-corrected chi connectivity index (χ3v) is 2.42. The molecule has 0 aliphatic carbocycles. The molecule has 1 unspecified atom stereocenters. The molecule has 0 saturated heterocycles. The Kier molecular flexibility index (Phi) is 4.87. The average molecular weight is 274 g/mol. The van der Waals surface area contributed by atoms with Crippen LogP contribution in [-0.4, -0.2) is 17.5 Å². The highest BCUT2D eigenvalue weighted by Gasteiger charge is 2.17. The van der Waals surface area contributed by atoms with Gasteiger partial charge in [0.1, 0.15) is 11.5 Å². The Morgan fingerprint density at radius 1 is 1.25 bits per heavy atom. The van der Waals surface area contributed by atoms with Crippen LogP contribution in [0.15, 0.2) is 24.3 Å². The lowest BCUT2D eigenvalue weighted by molar-refractivity contribution is -0.117. The molecule has 20 heavy (non-hydrogen) atoms. The normalized spacial score (nSPS) is 12.2. The first-order valence-corrected chi connectivity index (χ1v) is 6.23. The summed E-state index contributed by atoms with van der Waals surface area (Å²) in [7, 11) is 0. The monoisotopic (exact) mass is 274 g/mol. The van der Waals surface area contributed by atoms with E-state index in [1.807, 2.05) is 6.07 Å². The van der Waals surface area contributed by atoms with E-state index in [-0.39, 0.29) is 5.78 Å². The van der Waals surface area contributed by atoms with E-state index in [1.54, 1.807) is 45.0 Å². The van der Waals surface area contributed by atoms with Gasteiger partial charge in [-0.1, -0.05) is 12.1 Å². The van der Waals surface area contributed by atoms with Gasteiger partial charge in [0.15, 0.2) is 5.78 Å². The number of carbonyl (C=O) groups excluding carboxylic acids is 2. The lowest BCUT2D eigenvalue weighted by atomic mass is 9.97. The lowest BCUT2D eigenvalue weighted by Crippen LogP contribution is -2.27. The quantitative estimate of drug-likeness (QED) is 0.917. The third-order valence-electron chi connectivity index (χ3n) is 2.42. The van der Waals surface area contributed by atoms with Crippen molar-refractivity contribution in [2.45, 2.75) is 39.2 Å². The molecule has 0 saturated carbocycles. The summed E-state index contributed by atoms with van der Waals surface area (Å²) in [6.07, 6.45) is -0.548. The highest BCUT2D eigenvalue weighted by molar-refractivity contribution is 5.87. The summed E-state index contributed by atoms with van der Waals surface area (Å²) in [5, 5.41) is 11.5. The van der Waals surface area contributed by atoms with Crippen LogP contribution in [0.4, 0.5) is 10.5 Å². The minimum absolute atomic E-state index is 0.208. The summed E-state index contributed by atoms with van der Waals surface area (Å²) >= 11 is 0. The van der Waals surface area contributed by atoms with Crippen LogP contribution in [-0.2, 0) is 9.53 Å². The second kappa shape index (κ2) is 6.20. The van der Waals surface area contributed by atoms with Crippen molar-refractivity contribution < 1.29 is 14.3 Å². The van der Waals surface area contributed by atoms with E-state index < -0.39 is 17.6 Å². The van der Waals surface area contributed by atoms with Crippen molar-refractivity contribution in [2.75, 3.05) is 5.32 Å².